The Hall–Kier alpha value is -2.94. The van der Waals surface area contributed by atoms with E-state index in [2.05, 4.69) is 20.4 Å². The van der Waals surface area contributed by atoms with Gasteiger partial charge in [-0.2, -0.15) is 4.98 Å². The van der Waals surface area contributed by atoms with E-state index < -0.39 is 0 Å². The molecule has 32 heavy (non-hydrogen) atoms. The van der Waals surface area contributed by atoms with E-state index in [9.17, 15) is 9.59 Å². The smallest absolute Gasteiger partial charge is 0.253 e. The third-order valence-electron chi connectivity index (χ3n) is 5.17. The van der Waals surface area contributed by atoms with E-state index in [1.165, 1.54) is 0 Å². The van der Waals surface area contributed by atoms with Gasteiger partial charge in [0.2, 0.25) is 17.6 Å². The summed E-state index contributed by atoms with van der Waals surface area (Å²) in [6.45, 7) is 2.88. The van der Waals surface area contributed by atoms with E-state index >= 15 is 0 Å². The first-order chi connectivity index (χ1) is 15.5. The van der Waals surface area contributed by atoms with Gasteiger partial charge < -0.3 is 14.7 Å². The van der Waals surface area contributed by atoms with Crippen LogP contribution < -0.4 is 5.32 Å². The molecule has 2 amide bonds. The largest absolute Gasteiger partial charge is 0.343 e. The molecule has 1 aromatic heterocycles. The predicted molar refractivity (Wildman–Crippen MR) is 120 cm³/mol. The fourth-order valence-electron chi connectivity index (χ4n) is 3.39. The maximum Gasteiger partial charge on any atom is 0.253 e. The maximum atomic E-state index is 12.5. The van der Waals surface area contributed by atoms with Gasteiger partial charge in [0.15, 0.2) is 0 Å². The second kappa shape index (κ2) is 10.1. The standard InChI is InChI=1S/C22H21Cl2N5O3/c23-16-7-5-15(6-8-16)21-26-19(32-27-21)14-28-9-11-29(12-10-28)20(30)13-25-22(31)17-3-1-2-4-18(17)24/h1-8H,9-14H2,(H,25,31). The molecule has 4 rings (SSSR count). The van der Waals surface area contributed by atoms with Gasteiger partial charge in [0, 0.05) is 36.8 Å². The minimum Gasteiger partial charge on any atom is -0.343 e. The second-order valence-corrected chi connectivity index (χ2v) is 8.18. The molecule has 1 aliphatic rings. The van der Waals surface area contributed by atoms with Crippen molar-refractivity contribution in [3.8, 4) is 11.4 Å². The summed E-state index contributed by atoms with van der Waals surface area (Å²) in [5.41, 5.74) is 1.18. The highest BCUT2D eigenvalue weighted by molar-refractivity contribution is 6.33. The van der Waals surface area contributed by atoms with E-state index in [0.717, 1.165) is 5.56 Å². The van der Waals surface area contributed by atoms with Crippen molar-refractivity contribution in [2.24, 2.45) is 0 Å². The number of carbonyl (C=O) groups is 2. The van der Waals surface area contributed by atoms with Gasteiger partial charge in [-0.3, -0.25) is 14.5 Å². The Balaban J connectivity index is 1.23. The van der Waals surface area contributed by atoms with E-state index in [1.54, 1.807) is 41.3 Å². The minimum atomic E-state index is -0.365. The molecular weight excluding hydrogens is 453 g/mol. The Kier molecular flexibility index (Phi) is 7.04. The molecule has 1 fully saturated rings. The van der Waals surface area contributed by atoms with Gasteiger partial charge in [0.1, 0.15) is 0 Å². The molecule has 1 saturated heterocycles. The van der Waals surface area contributed by atoms with Crippen LogP contribution in [0.2, 0.25) is 10.0 Å². The lowest BCUT2D eigenvalue weighted by atomic mass is 10.2. The van der Waals surface area contributed by atoms with Gasteiger partial charge in [-0.05, 0) is 36.4 Å². The van der Waals surface area contributed by atoms with Crippen LogP contribution in [0, 0.1) is 0 Å². The SMILES string of the molecule is O=C(NCC(=O)N1CCN(Cc2nc(-c3ccc(Cl)cc3)no2)CC1)c1ccccc1Cl. The summed E-state index contributed by atoms with van der Waals surface area (Å²) in [7, 11) is 0. The molecule has 1 aliphatic heterocycles. The Morgan fingerprint density at radius 3 is 2.44 bits per heavy atom. The normalized spacial score (nSPS) is 14.4. The summed E-state index contributed by atoms with van der Waals surface area (Å²) in [6, 6.07) is 14.0. The fourth-order valence-corrected chi connectivity index (χ4v) is 3.74. The van der Waals surface area contributed by atoms with Crippen LogP contribution in [-0.4, -0.2) is 64.5 Å². The van der Waals surface area contributed by atoms with Gasteiger partial charge in [-0.25, -0.2) is 0 Å². The lowest BCUT2D eigenvalue weighted by molar-refractivity contribution is -0.131. The number of benzene rings is 2. The van der Waals surface area contributed by atoms with Crippen molar-refractivity contribution in [3.05, 3.63) is 70.0 Å². The van der Waals surface area contributed by atoms with Crippen LogP contribution in [-0.2, 0) is 11.3 Å². The number of amides is 2. The monoisotopic (exact) mass is 473 g/mol. The summed E-state index contributed by atoms with van der Waals surface area (Å²) in [4.78, 5) is 33.0. The molecule has 0 aliphatic carbocycles. The molecule has 0 atom stereocenters. The van der Waals surface area contributed by atoms with Crippen molar-refractivity contribution in [3.63, 3.8) is 0 Å². The summed E-state index contributed by atoms with van der Waals surface area (Å²) in [5, 5.41) is 7.67. The highest BCUT2D eigenvalue weighted by Crippen LogP contribution is 2.19. The fraction of sp³-hybridized carbons (Fsp3) is 0.273. The van der Waals surface area contributed by atoms with Crippen LogP contribution in [0.3, 0.4) is 0 Å². The van der Waals surface area contributed by atoms with Gasteiger partial charge in [0.05, 0.1) is 23.7 Å². The molecule has 8 nitrogen and oxygen atoms in total. The lowest BCUT2D eigenvalue weighted by Crippen LogP contribution is -2.50. The third-order valence-corrected chi connectivity index (χ3v) is 5.75. The number of aromatic nitrogens is 2. The number of halogens is 2. The zero-order valence-corrected chi connectivity index (χ0v) is 18.6. The molecule has 2 aromatic carbocycles. The molecule has 10 heteroatoms. The molecule has 0 unspecified atom stereocenters. The number of piperazine rings is 1. The van der Waals surface area contributed by atoms with Crippen LogP contribution >= 0.6 is 23.2 Å². The molecule has 166 valence electrons. The molecule has 2 heterocycles. The summed E-state index contributed by atoms with van der Waals surface area (Å²) in [5.74, 6) is 0.532. The van der Waals surface area contributed by atoms with E-state index in [0.29, 0.717) is 60.0 Å². The summed E-state index contributed by atoms with van der Waals surface area (Å²) in [6.07, 6.45) is 0. The van der Waals surface area contributed by atoms with Crippen molar-refractivity contribution in [1.82, 2.24) is 25.3 Å². The first-order valence-corrected chi connectivity index (χ1v) is 10.9. The van der Waals surface area contributed by atoms with Crippen molar-refractivity contribution in [2.45, 2.75) is 6.54 Å². The maximum absolute atomic E-state index is 12.5. The molecule has 0 spiro atoms. The van der Waals surface area contributed by atoms with Crippen molar-refractivity contribution >= 4 is 35.0 Å². The van der Waals surface area contributed by atoms with E-state index in [1.807, 2.05) is 12.1 Å². The minimum absolute atomic E-state index is 0.0713. The van der Waals surface area contributed by atoms with E-state index in [-0.39, 0.29) is 18.4 Å². The molecule has 0 radical (unpaired) electrons. The average Bonchev–Trinajstić information content (AvgIpc) is 3.27. The predicted octanol–water partition coefficient (Wildman–Crippen LogP) is 3.12. The summed E-state index contributed by atoms with van der Waals surface area (Å²) >= 11 is 11.9. The quantitative estimate of drug-likeness (QED) is 0.591. The van der Waals surface area contributed by atoms with Gasteiger partial charge in [-0.1, -0.05) is 40.5 Å². The molecule has 0 bridgehead atoms. The van der Waals surface area contributed by atoms with E-state index in [4.69, 9.17) is 27.7 Å². The van der Waals surface area contributed by atoms with Crippen LogP contribution in [0.25, 0.3) is 11.4 Å². The lowest BCUT2D eigenvalue weighted by Gasteiger charge is -2.34. The van der Waals surface area contributed by atoms with Crippen LogP contribution in [0.15, 0.2) is 53.1 Å². The zero-order chi connectivity index (χ0) is 22.5. The van der Waals surface area contributed by atoms with Crippen LogP contribution in [0.4, 0.5) is 0 Å². The first-order valence-electron chi connectivity index (χ1n) is 10.1. The third kappa shape index (κ3) is 5.45. The van der Waals surface area contributed by atoms with Crippen molar-refractivity contribution < 1.29 is 14.1 Å². The number of hydrogen-bond donors (Lipinski definition) is 1. The molecule has 0 saturated carbocycles. The topological polar surface area (TPSA) is 91.6 Å². The van der Waals surface area contributed by atoms with Gasteiger partial charge >= 0.3 is 0 Å². The second-order valence-electron chi connectivity index (χ2n) is 7.34. The van der Waals surface area contributed by atoms with Gasteiger partial charge in [0.25, 0.3) is 5.91 Å². The Morgan fingerprint density at radius 2 is 1.72 bits per heavy atom. The number of carbonyl (C=O) groups excluding carboxylic acids is 2. The molecule has 3 aromatic rings. The Morgan fingerprint density at radius 1 is 1.00 bits per heavy atom. The molecule has 1 N–H and O–H groups in total. The average molecular weight is 474 g/mol. The number of nitrogens with one attached hydrogen (secondary N) is 1. The highest BCUT2D eigenvalue weighted by atomic mass is 35.5. The van der Waals surface area contributed by atoms with Crippen LogP contribution in [0.5, 0.6) is 0 Å². The number of hydrogen-bond acceptors (Lipinski definition) is 6. The van der Waals surface area contributed by atoms with Gasteiger partial charge in [-0.15, -0.1) is 0 Å². The highest BCUT2D eigenvalue weighted by Gasteiger charge is 2.23. The number of rotatable bonds is 6. The Labute approximate surface area is 195 Å². The van der Waals surface area contributed by atoms with Crippen molar-refractivity contribution in [1.29, 1.82) is 0 Å². The Bertz CT molecular complexity index is 1090. The summed E-state index contributed by atoms with van der Waals surface area (Å²) < 4.78 is 5.37. The molecular formula is C22H21Cl2N5O3. The van der Waals surface area contributed by atoms with Crippen molar-refractivity contribution in [2.75, 3.05) is 32.7 Å². The number of nitrogens with zero attached hydrogens (tertiary/aromatic N) is 4. The van der Waals surface area contributed by atoms with Crippen LogP contribution in [0.1, 0.15) is 16.2 Å². The first kappa shape index (κ1) is 22.3. The zero-order valence-electron chi connectivity index (χ0n) is 17.1.